The van der Waals surface area contributed by atoms with E-state index in [-0.39, 0.29) is 17.6 Å². The Morgan fingerprint density at radius 2 is 1.33 bits per heavy atom. The Morgan fingerprint density at radius 3 is 2.08 bits per heavy atom. The lowest BCUT2D eigenvalue weighted by Gasteiger charge is -2.23. The molecule has 8 aromatic rings. The average Bonchev–Trinajstić information content (AvgIpc) is 3.52. The third kappa shape index (κ3) is 5.45. The molecule has 0 radical (unpaired) electrons. The normalized spacial score (nSPS) is 11.7. The Morgan fingerprint density at radius 1 is 0.612 bits per heavy atom. The minimum Gasteiger partial charge on any atom is -0.507 e. The first-order chi connectivity index (χ1) is 23.9. The van der Waals surface area contributed by atoms with Crippen LogP contribution in [0.1, 0.15) is 50.7 Å². The fourth-order valence-corrected chi connectivity index (χ4v) is 6.69. The first-order valence-electron chi connectivity index (χ1n) is 16.7. The van der Waals surface area contributed by atoms with E-state index in [0.717, 1.165) is 39.0 Å². The molecule has 3 heterocycles. The van der Waals surface area contributed by atoms with E-state index in [4.69, 9.17) is 19.7 Å². The van der Waals surface area contributed by atoms with Crippen molar-refractivity contribution in [2.24, 2.45) is 0 Å². The number of pyridine rings is 1. The maximum absolute atomic E-state index is 10.4. The van der Waals surface area contributed by atoms with Crippen LogP contribution in [0.3, 0.4) is 0 Å². The molecule has 1 N–H and O–H groups in total. The van der Waals surface area contributed by atoms with Gasteiger partial charge < -0.3 is 9.84 Å². The molecule has 8 rings (SSSR count). The van der Waals surface area contributed by atoms with Gasteiger partial charge in [0.25, 0.3) is 0 Å². The highest BCUT2D eigenvalue weighted by Crippen LogP contribution is 2.41. The molecule has 0 bridgehead atoms. The van der Waals surface area contributed by atoms with E-state index in [1.54, 1.807) is 12.1 Å². The zero-order valence-corrected chi connectivity index (χ0v) is 27.9. The van der Waals surface area contributed by atoms with Crippen molar-refractivity contribution in [1.29, 1.82) is 0 Å². The Kier molecular flexibility index (Phi) is 7.56. The van der Waals surface area contributed by atoms with Gasteiger partial charge in [0.15, 0.2) is 0 Å². The van der Waals surface area contributed by atoms with Crippen LogP contribution < -0.4 is 4.74 Å². The van der Waals surface area contributed by atoms with Crippen LogP contribution >= 0.6 is 0 Å². The summed E-state index contributed by atoms with van der Waals surface area (Å²) in [7, 11) is 0. The van der Waals surface area contributed by atoms with E-state index in [1.807, 2.05) is 54.6 Å². The summed E-state index contributed by atoms with van der Waals surface area (Å²) in [6, 6.07) is 42.2. The number of nitrogens with zero attached hydrogens (tertiary/aromatic N) is 4. The number of para-hydroxylation sites is 3. The van der Waals surface area contributed by atoms with Crippen molar-refractivity contribution in [3.05, 3.63) is 139 Å². The maximum Gasteiger partial charge on any atom is 0.219 e. The highest BCUT2D eigenvalue weighted by molar-refractivity contribution is 5.99. The number of aromatic nitrogens is 4. The van der Waals surface area contributed by atoms with Crippen molar-refractivity contribution in [2.45, 2.75) is 39.5 Å². The van der Waals surface area contributed by atoms with Crippen molar-refractivity contribution in [3.63, 3.8) is 0 Å². The smallest absolute Gasteiger partial charge is 0.219 e. The number of benzene rings is 5. The van der Waals surface area contributed by atoms with Gasteiger partial charge in [-0.3, -0.25) is 4.40 Å². The fourth-order valence-electron chi connectivity index (χ4n) is 6.69. The molecule has 0 atom stereocenters. The lowest BCUT2D eigenvalue weighted by atomic mass is 9.84. The summed E-state index contributed by atoms with van der Waals surface area (Å²) in [5.74, 6) is 2.62. The highest BCUT2D eigenvalue weighted by atomic mass is 16.5. The molecule has 6 nitrogen and oxygen atoms in total. The third-order valence-electron chi connectivity index (χ3n) is 9.11. The summed E-state index contributed by atoms with van der Waals surface area (Å²) in [6.07, 6.45) is 0. The Labute approximate surface area is 285 Å². The summed E-state index contributed by atoms with van der Waals surface area (Å²) < 4.78 is 8.54. The molecule has 3 aromatic heterocycles. The molecule has 0 unspecified atom stereocenters. The minimum atomic E-state index is 0.171. The van der Waals surface area contributed by atoms with E-state index < -0.39 is 0 Å². The van der Waals surface area contributed by atoms with Crippen LogP contribution in [0.4, 0.5) is 0 Å². The molecule has 0 amide bonds. The van der Waals surface area contributed by atoms with Gasteiger partial charge in [-0.1, -0.05) is 100 Å². The monoisotopic (exact) mass is 640 g/mol. The predicted octanol–water partition coefficient (Wildman–Crippen LogP) is 11.2. The van der Waals surface area contributed by atoms with Crippen LogP contribution in [0, 0.1) is 0 Å². The quantitative estimate of drug-likeness (QED) is 0.188. The third-order valence-corrected chi connectivity index (χ3v) is 9.11. The molecule has 5 aromatic carbocycles. The van der Waals surface area contributed by atoms with Crippen molar-refractivity contribution < 1.29 is 9.84 Å². The topological polar surface area (TPSA) is 72.5 Å². The van der Waals surface area contributed by atoms with Crippen molar-refractivity contribution >= 4 is 27.6 Å². The predicted molar refractivity (Wildman–Crippen MR) is 198 cm³/mol. The van der Waals surface area contributed by atoms with Gasteiger partial charge in [0.2, 0.25) is 5.88 Å². The molecule has 0 saturated heterocycles. The molecule has 0 aliphatic carbocycles. The van der Waals surface area contributed by atoms with Gasteiger partial charge in [-0.25, -0.2) is 15.0 Å². The first-order valence-corrected chi connectivity index (χ1v) is 16.7. The summed E-state index contributed by atoms with van der Waals surface area (Å²) in [5, 5.41) is 11.3. The Hall–Kier alpha value is -6.01. The number of hydrogen-bond acceptors (Lipinski definition) is 5. The SMILES string of the molecule is CC(C)c1cc(-c2ccccc2)cc(C(C)C)c1-c1nc2ccc(Oc3cccc(-c4ccccc4O)n3)cc2c2nc3ccccc3n12. The summed E-state index contributed by atoms with van der Waals surface area (Å²) in [4.78, 5) is 15.3. The van der Waals surface area contributed by atoms with Crippen LogP contribution in [0.5, 0.6) is 17.4 Å². The Bertz CT molecular complexity index is 2470. The molecule has 0 fully saturated rings. The molecule has 49 heavy (non-hydrogen) atoms. The number of hydrogen-bond donors (Lipinski definition) is 1. The minimum absolute atomic E-state index is 0.171. The van der Waals surface area contributed by atoms with Gasteiger partial charge >= 0.3 is 0 Å². The number of rotatable bonds is 7. The van der Waals surface area contributed by atoms with Crippen LogP contribution in [-0.2, 0) is 0 Å². The second-order valence-corrected chi connectivity index (χ2v) is 13.1. The summed E-state index contributed by atoms with van der Waals surface area (Å²) in [5.41, 5.74) is 10.9. The molecular formula is C43H36N4O2. The molecule has 0 aliphatic heterocycles. The van der Waals surface area contributed by atoms with E-state index in [2.05, 4.69) is 92.8 Å². The van der Waals surface area contributed by atoms with Gasteiger partial charge in [0, 0.05) is 22.6 Å². The van der Waals surface area contributed by atoms with Crippen LogP contribution in [-0.4, -0.2) is 24.5 Å². The zero-order chi connectivity index (χ0) is 33.6. The molecule has 0 spiro atoms. The number of phenols is 1. The Balaban J connectivity index is 1.33. The maximum atomic E-state index is 10.4. The lowest BCUT2D eigenvalue weighted by molar-refractivity contribution is 0.463. The van der Waals surface area contributed by atoms with E-state index in [0.29, 0.717) is 22.9 Å². The van der Waals surface area contributed by atoms with Gasteiger partial charge in [0.05, 0.1) is 22.2 Å². The van der Waals surface area contributed by atoms with Crippen LogP contribution in [0.15, 0.2) is 127 Å². The number of aromatic hydroxyl groups is 1. The second-order valence-electron chi connectivity index (χ2n) is 13.1. The lowest BCUT2D eigenvalue weighted by Crippen LogP contribution is -2.07. The van der Waals surface area contributed by atoms with E-state index >= 15 is 0 Å². The summed E-state index contributed by atoms with van der Waals surface area (Å²) in [6.45, 7) is 9.03. The van der Waals surface area contributed by atoms with Crippen molar-refractivity contribution in [2.75, 3.05) is 0 Å². The fraction of sp³-hybridized carbons (Fsp3) is 0.140. The largest absolute Gasteiger partial charge is 0.507 e. The second kappa shape index (κ2) is 12.2. The average molecular weight is 641 g/mol. The van der Waals surface area contributed by atoms with E-state index in [9.17, 15) is 5.11 Å². The first kappa shape index (κ1) is 30.3. The number of phenolic OH excluding ortho intramolecular Hbond substituents is 1. The van der Waals surface area contributed by atoms with Crippen molar-refractivity contribution in [1.82, 2.24) is 19.4 Å². The number of fused-ring (bicyclic) bond motifs is 5. The van der Waals surface area contributed by atoms with Gasteiger partial charge in [-0.2, -0.15) is 0 Å². The molecule has 0 saturated carbocycles. The molecule has 240 valence electrons. The molecule has 6 heteroatoms. The van der Waals surface area contributed by atoms with Gasteiger partial charge in [-0.15, -0.1) is 0 Å². The zero-order valence-electron chi connectivity index (χ0n) is 27.9. The van der Waals surface area contributed by atoms with Crippen molar-refractivity contribution in [3.8, 4) is 51.2 Å². The standard InChI is InChI=1S/C43H36N4O2/c1-26(2)32-23-29(28-13-6-5-7-14-28)24-33(27(3)4)41(32)43-45-36-22-21-30(25-34(36)42-46-37-16-9-10-18-38(37)47(42)43)49-40-20-12-17-35(44-40)31-15-8-11-19-39(31)48/h5-27,48H,1-4H3. The molecular weight excluding hydrogens is 604 g/mol. The summed E-state index contributed by atoms with van der Waals surface area (Å²) >= 11 is 0. The van der Waals surface area contributed by atoms with E-state index in [1.165, 1.54) is 22.3 Å². The molecule has 0 aliphatic rings. The van der Waals surface area contributed by atoms with Gasteiger partial charge in [0.1, 0.15) is 23.0 Å². The number of ether oxygens (including phenoxy) is 1. The van der Waals surface area contributed by atoms with Crippen LogP contribution in [0.2, 0.25) is 0 Å². The highest BCUT2D eigenvalue weighted by Gasteiger charge is 2.24. The van der Waals surface area contributed by atoms with Gasteiger partial charge in [-0.05, 0) is 82.6 Å². The number of imidazole rings is 1. The van der Waals surface area contributed by atoms with Crippen LogP contribution in [0.25, 0.3) is 61.4 Å².